The lowest BCUT2D eigenvalue weighted by Gasteiger charge is -0.827. The molecule has 5 heavy (non-hydrogen) atoms. The summed E-state index contributed by atoms with van der Waals surface area (Å²) in [6.45, 7) is 0. The van der Waals surface area contributed by atoms with Crippen LogP contribution in [0.3, 0.4) is 0 Å². The van der Waals surface area contributed by atoms with E-state index in [1.165, 1.54) is 0 Å². The summed E-state index contributed by atoms with van der Waals surface area (Å²) in [5.74, 6) is 0. The van der Waals surface area contributed by atoms with Gasteiger partial charge in [0.15, 0.2) is 0 Å². The molecular weight excluding hydrogens is 74.0 g/mol. The summed E-state index contributed by atoms with van der Waals surface area (Å²) < 4.78 is 0. The summed E-state index contributed by atoms with van der Waals surface area (Å²) in [6, 6.07) is 0. The maximum absolute atomic E-state index is 7.50. The first kappa shape index (κ1) is 29.9. The van der Waals surface area contributed by atoms with E-state index in [9.17, 15) is 0 Å². The van der Waals surface area contributed by atoms with Gasteiger partial charge < -0.3 is 0 Å². The molecule has 0 aliphatic heterocycles. The third kappa shape index (κ3) is 7.20. The van der Waals surface area contributed by atoms with E-state index < -0.39 is 0 Å². The Kier molecular flexibility index (Phi) is 145. The van der Waals surface area contributed by atoms with E-state index in [4.69, 9.17) is 14.8 Å². The van der Waals surface area contributed by atoms with Crippen LogP contribution in [0.15, 0.2) is 0 Å². The molecule has 0 aromatic rings. The molecule has 0 aromatic carbocycles. The fourth-order valence-electron chi connectivity index (χ4n) is 0. The molecule has 4 heteroatoms. The quantitative estimate of drug-likeness (QED) is 0.440. The Hall–Kier alpha value is -0.800. The molecule has 1 N–H and O–H groups in total. The van der Waals surface area contributed by atoms with Gasteiger partial charge in [-0.2, -0.15) is 4.91 Å². The highest BCUT2D eigenvalue weighted by atomic mass is 16.7. The van der Waals surface area contributed by atoms with E-state index in [0.29, 0.717) is 0 Å². The molecule has 0 saturated heterocycles. The van der Waals surface area contributed by atoms with Crippen LogP contribution in [0.1, 0.15) is 7.43 Å². The van der Waals surface area contributed by atoms with Crippen LogP contribution in [-0.2, 0) is 0 Å². The van der Waals surface area contributed by atoms with E-state index in [0.717, 1.165) is 0 Å². The van der Waals surface area contributed by atoms with Crippen molar-refractivity contribution in [2.45, 2.75) is 7.43 Å². The number of hydrogen-bond donors (Lipinski definition) is 1. The summed E-state index contributed by atoms with van der Waals surface area (Å²) in [4.78, 5) is 21.5. The minimum absolute atomic E-state index is 0. The van der Waals surface area contributed by atoms with Crippen LogP contribution in [0.4, 0.5) is 0 Å². The van der Waals surface area contributed by atoms with Crippen molar-refractivity contribution < 1.29 is 0 Å². The van der Waals surface area contributed by atoms with Gasteiger partial charge in [0.25, 0.3) is 0 Å². The van der Waals surface area contributed by atoms with Gasteiger partial charge in [0.1, 0.15) is 0 Å². The maximum Gasteiger partial charge on any atom is 0 e. The smallest absolute Gasteiger partial charge is 0 e. The second kappa shape index (κ2) is 24.2. The lowest BCUT2D eigenvalue weighted by Crippen LogP contribution is -0.674. The Morgan fingerprint density at radius 2 is 1.00 bits per heavy atom. The number of nitrogens with one attached hydrogen (secondary N) is 1. The topological polar surface area (TPSA) is 75.1 Å². The summed E-state index contributed by atoms with van der Waals surface area (Å²) in [7, 11) is 0. The first-order valence-electron chi connectivity index (χ1n) is 0.371. The fourth-order valence-corrected chi connectivity index (χ4v) is 0. The molecule has 0 unspecified atom stereocenters. The van der Waals surface area contributed by atoms with Gasteiger partial charge in [-0.25, -0.2) is 0 Å². The van der Waals surface area contributed by atoms with E-state index in [-0.39, 0.29) is 7.43 Å². The van der Waals surface area contributed by atoms with E-state index in [1.807, 2.05) is 0 Å². The largest absolute Gasteiger partial charge is 0.154 e. The van der Waals surface area contributed by atoms with Crippen molar-refractivity contribution in [3.8, 4) is 0 Å². The van der Waals surface area contributed by atoms with Gasteiger partial charge in [-0.3, -0.25) is 0 Å². The van der Waals surface area contributed by atoms with Crippen LogP contribution in [-0.4, -0.2) is 0 Å². The van der Waals surface area contributed by atoms with Gasteiger partial charge in [0.2, 0.25) is 0 Å². The average Bonchev–Trinajstić information content (AvgIpc) is 1.50. The van der Waals surface area contributed by atoms with Gasteiger partial charge in [-0.15, -0.1) is 0 Å². The summed E-state index contributed by atoms with van der Waals surface area (Å²) in [6.07, 6.45) is 0. The molecule has 0 aromatic heterocycles. The Bertz CT molecular complexity index is 8.85. The highest BCUT2D eigenvalue weighted by molar-refractivity contribution is 4.07. The van der Waals surface area contributed by atoms with Crippen molar-refractivity contribution in [1.82, 2.24) is 0 Å². The Labute approximate surface area is 29.2 Å². The molecule has 0 saturated carbocycles. The minimum Gasteiger partial charge on any atom is -0.154 e. The fraction of sp³-hybridized carbons (Fsp3) is 1.00. The standard InChI is InChI=1S/CH4.HNO.O2/c;2*1-2/h1H4;1H;. The normalized spacial score (nSPS) is 1.60. The Morgan fingerprint density at radius 1 is 1.00 bits per heavy atom. The van der Waals surface area contributed by atoms with Crippen LogP contribution in [0, 0.1) is 20.4 Å². The molecule has 32 valence electrons. The van der Waals surface area contributed by atoms with Crippen LogP contribution in [0.2, 0.25) is 0 Å². The van der Waals surface area contributed by atoms with Crippen molar-refractivity contribution in [2.24, 2.45) is 0 Å². The van der Waals surface area contributed by atoms with Crippen molar-refractivity contribution in [2.75, 3.05) is 0 Å². The maximum atomic E-state index is 7.50. The van der Waals surface area contributed by atoms with Crippen molar-refractivity contribution >= 4 is 0 Å². The first-order valence-corrected chi connectivity index (χ1v) is 0.371. The second-order valence-corrected chi connectivity index (χ2v) is 0. The molecule has 4 nitrogen and oxygen atoms in total. The SMILES string of the molecule is C.N=O.O=O. The first-order chi connectivity index (χ1) is 2.00. The van der Waals surface area contributed by atoms with Crippen LogP contribution in [0.25, 0.3) is 0 Å². The highest BCUT2D eigenvalue weighted by Crippen LogP contribution is 0.766. The lowest BCUT2D eigenvalue weighted by atomic mass is 12.0. The second-order valence-electron chi connectivity index (χ2n) is 0. The zero-order valence-corrected chi connectivity index (χ0v) is 1.72. The molecule has 0 radical (unpaired) electrons. The van der Waals surface area contributed by atoms with E-state index in [2.05, 4.69) is 5.59 Å². The van der Waals surface area contributed by atoms with Crippen molar-refractivity contribution in [3.63, 3.8) is 0 Å². The zero-order chi connectivity index (χ0) is 4.00. The molecule has 0 aliphatic carbocycles. The number of hydrogen-bond acceptors (Lipinski definition) is 4. The van der Waals surface area contributed by atoms with Crippen molar-refractivity contribution in [1.29, 1.82) is 5.59 Å². The van der Waals surface area contributed by atoms with Gasteiger partial charge in [-0.05, 0) is 0 Å². The molecule has 0 spiro atoms. The summed E-state index contributed by atoms with van der Waals surface area (Å²) in [5.41, 5.74) is 4.50. The van der Waals surface area contributed by atoms with Crippen LogP contribution < -0.4 is 0 Å². The Balaban J connectivity index is -0.0000000133. The average molecular weight is 79.1 g/mol. The molecule has 0 heterocycles. The molecule has 0 aliphatic rings. The van der Waals surface area contributed by atoms with Gasteiger partial charge in [0.05, 0.1) is 0 Å². The number of rotatable bonds is 0. The molecular formula is CH5NO3. The van der Waals surface area contributed by atoms with Crippen molar-refractivity contribution in [3.05, 3.63) is 14.8 Å². The van der Waals surface area contributed by atoms with E-state index in [1.54, 1.807) is 0 Å². The van der Waals surface area contributed by atoms with Gasteiger partial charge in [-0.1, -0.05) is 13.0 Å². The molecule has 0 atom stereocenters. The van der Waals surface area contributed by atoms with E-state index >= 15 is 0 Å². The highest BCUT2D eigenvalue weighted by Gasteiger charge is 0.707. The predicted octanol–water partition coefficient (Wildman–Crippen LogP) is 1.03. The molecule has 0 amide bonds. The molecule has 0 bridgehead atoms. The lowest BCUT2D eigenvalue weighted by molar-refractivity contribution is 1.49. The molecule has 0 rings (SSSR count). The monoisotopic (exact) mass is 79.0 g/mol. The predicted molar refractivity (Wildman–Crippen MR) is 19.6 cm³/mol. The number of nitroso groups, excluding NO2 is 1. The van der Waals surface area contributed by atoms with Crippen LogP contribution >= 0.6 is 0 Å². The summed E-state index contributed by atoms with van der Waals surface area (Å²) >= 11 is 0. The molecule has 0 fully saturated rings. The minimum atomic E-state index is 0. The van der Waals surface area contributed by atoms with Crippen LogP contribution in [0.5, 0.6) is 0 Å². The van der Waals surface area contributed by atoms with Gasteiger partial charge >= 0.3 is 0 Å². The zero-order valence-electron chi connectivity index (χ0n) is 1.72. The third-order valence-corrected chi connectivity index (χ3v) is 0. The summed E-state index contributed by atoms with van der Waals surface area (Å²) in [5, 5.41) is 0. The Morgan fingerprint density at radius 3 is 1.00 bits per heavy atom. The van der Waals surface area contributed by atoms with Gasteiger partial charge in [0, 0.05) is 9.93 Å². The third-order valence-electron chi connectivity index (χ3n) is 0.